The third-order valence-corrected chi connectivity index (χ3v) is 4.18. The molecule has 0 bridgehead atoms. The van der Waals surface area contributed by atoms with Gasteiger partial charge in [-0.25, -0.2) is 14.8 Å². The highest BCUT2D eigenvalue weighted by molar-refractivity contribution is 7.13. The number of nitrogens with one attached hydrogen (secondary N) is 2. The van der Waals surface area contributed by atoms with Crippen LogP contribution in [0.5, 0.6) is 0 Å². The highest BCUT2D eigenvalue weighted by atomic mass is 32.1. The number of rotatable bonds is 4. The number of carbonyl (C=O) groups is 3. The molecule has 23 heavy (non-hydrogen) atoms. The zero-order chi connectivity index (χ0) is 16.4. The SMILES string of the molecule is Cc1ccc(-c2nc(CC(=O)NN3CC(=O)NC3=O)cs2)cc1. The lowest BCUT2D eigenvalue weighted by Crippen LogP contribution is -2.44. The van der Waals surface area contributed by atoms with E-state index in [1.54, 1.807) is 0 Å². The van der Waals surface area contributed by atoms with Crippen LogP contribution in [0.2, 0.25) is 0 Å². The molecule has 0 unspecified atom stereocenters. The minimum absolute atomic E-state index is 0.0420. The molecule has 118 valence electrons. The van der Waals surface area contributed by atoms with E-state index in [0.717, 1.165) is 15.6 Å². The van der Waals surface area contributed by atoms with Gasteiger partial charge in [-0.15, -0.1) is 11.3 Å². The molecule has 1 saturated heterocycles. The number of amides is 4. The van der Waals surface area contributed by atoms with Crippen molar-refractivity contribution >= 4 is 29.2 Å². The van der Waals surface area contributed by atoms with Gasteiger partial charge in [-0.2, -0.15) is 0 Å². The standard InChI is InChI=1S/C15H14N4O3S/c1-9-2-4-10(5-3-9)14-16-11(8-23-14)6-12(20)18-19-7-13(21)17-15(19)22/h2-5,8H,6-7H2,1H3,(H,18,20)(H,17,21,22). The second kappa shape index (κ2) is 6.17. The van der Waals surface area contributed by atoms with E-state index in [1.807, 2.05) is 36.6 Å². The van der Waals surface area contributed by atoms with Crippen molar-refractivity contribution in [1.29, 1.82) is 0 Å². The number of carbonyl (C=O) groups excluding carboxylic acids is 3. The molecule has 2 heterocycles. The Labute approximate surface area is 136 Å². The van der Waals surface area contributed by atoms with Crippen molar-refractivity contribution in [3.8, 4) is 10.6 Å². The number of nitrogens with zero attached hydrogens (tertiary/aromatic N) is 2. The predicted molar refractivity (Wildman–Crippen MR) is 84.4 cm³/mol. The van der Waals surface area contributed by atoms with Gasteiger partial charge < -0.3 is 0 Å². The second-order valence-corrected chi connectivity index (χ2v) is 6.02. The summed E-state index contributed by atoms with van der Waals surface area (Å²) in [4.78, 5) is 38.8. The number of hydrogen-bond acceptors (Lipinski definition) is 5. The first-order valence-electron chi connectivity index (χ1n) is 6.93. The molecule has 0 saturated carbocycles. The maximum absolute atomic E-state index is 11.9. The van der Waals surface area contributed by atoms with Crippen molar-refractivity contribution in [2.75, 3.05) is 6.54 Å². The molecule has 3 rings (SSSR count). The second-order valence-electron chi connectivity index (χ2n) is 5.16. The lowest BCUT2D eigenvalue weighted by molar-refractivity contribution is -0.124. The number of imide groups is 1. The van der Waals surface area contributed by atoms with Crippen LogP contribution < -0.4 is 10.7 Å². The summed E-state index contributed by atoms with van der Waals surface area (Å²) in [5, 5.41) is 5.69. The number of benzene rings is 1. The maximum atomic E-state index is 11.9. The van der Waals surface area contributed by atoms with Gasteiger partial charge in [0.25, 0.3) is 0 Å². The van der Waals surface area contributed by atoms with Crippen LogP contribution in [0, 0.1) is 6.92 Å². The Balaban J connectivity index is 1.62. The van der Waals surface area contributed by atoms with E-state index in [2.05, 4.69) is 15.7 Å². The van der Waals surface area contributed by atoms with E-state index in [1.165, 1.54) is 16.9 Å². The smallest absolute Gasteiger partial charge is 0.275 e. The van der Waals surface area contributed by atoms with Gasteiger partial charge in [0.1, 0.15) is 11.6 Å². The molecule has 0 aliphatic carbocycles. The first-order chi connectivity index (χ1) is 11.0. The van der Waals surface area contributed by atoms with Gasteiger partial charge in [0, 0.05) is 10.9 Å². The van der Waals surface area contributed by atoms with Crippen molar-refractivity contribution in [1.82, 2.24) is 20.7 Å². The van der Waals surface area contributed by atoms with E-state index in [-0.39, 0.29) is 13.0 Å². The van der Waals surface area contributed by atoms with Gasteiger partial charge in [0.2, 0.25) is 11.8 Å². The van der Waals surface area contributed by atoms with Gasteiger partial charge >= 0.3 is 6.03 Å². The predicted octanol–water partition coefficient (Wildman–Crippen LogP) is 1.24. The monoisotopic (exact) mass is 330 g/mol. The molecule has 0 atom stereocenters. The van der Waals surface area contributed by atoms with Crippen molar-refractivity contribution < 1.29 is 14.4 Å². The lowest BCUT2D eigenvalue weighted by atomic mass is 10.2. The van der Waals surface area contributed by atoms with Crippen LogP contribution in [-0.4, -0.2) is 34.4 Å². The zero-order valence-electron chi connectivity index (χ0n) is 12.3. The van der Waals surface area contributed by atoms with E-state index in [0.29, 0.717) is 5.69 Å². The molecule has 1 aliphatic heterocycles. The van der Waals surface area contributed by atoms with Gasteiger partial charge in [-0.1, -0.05) is 29.8 Å². The van der Waals surface area contributed by atoms with E-state index >= 15 is 0 Å². The van der Waals surface area contributed by atoms with Crippen molar-refractivity contribution in [3.63, 3.8) is 0 Å². The number of aryl methyl sites for hydroxylation is 1. The first kappa shape index (κ1) is 15.2. The normalized spacial score (nSPS) is 14.0. The molecule has 0 radical (unpaired) electrons. The number of thiazole rings is 1. The minimum Gasteiger partial charge on any atom is -0.275 e. The van der Waals surface area contributed by atoms with Gasteiger partial charge in [-0.05, 0) is 6.92 Å². The molecule has 0 spiro atoms. The Morgan fingerprint density at radius 3 is 2.74 bits per heavy atom. The van der Waals surface area contributed by atoms with Crippen molar-refractivity contribution in [3.05, 3.63) is 40.9 Å². The highest BCUT2D eigenvalue weighted by Gasteiger charge is 2.28. The third kappa shape index (κ3) is 3.54. The molecule has 1 fully saturated rings. The summed E-state index contributed by atoms with van der Waals surface area (Å²) in [6.45, 7) is 1.84. The largest absolute Gasteiger partial charge is 0.343 e. The Hall–Kier alpha value is -2.74. The summed E-state index contributed by atoms with van der Waals surface area (Å²) in [7, 11) is 0. The summed E-state index contributed by atoms with van der Waals surface area (Å²) in [5.74, 6) is -0.832. The molecule has 1 aromatic carbocycles. The quantitative estimate of drug-likeness (QED) is 0.825. The summed E-state index contributed by atoms with van der Waals surface area (Å²) in [5.41, 5.74) is 5.18. The van der Waals surface area contributed by atoms with Gasteiger partial charge in [0.15, 0.2) is 0 Å². The fourth-order valence-corrected chi connectivity index (χ4v) is 2.93. The number of hydrogen-bond donors (Lipinski definition) is 2. The van der Waals surface area contributed by atoms with E-state index in [9.17, 15) is 14.4 Å². The molecule has 2 N–H and O–H groups in total. The minimum atomic E-state index is -0.623. The van der Waals surface area contributed by atoms with Crippen LogP contribution in [0.15, 0.2) is 29.6 Å². The summed E-state index contributed by atoms with van der Waals surface area (Å²) in [6.07, 6.45) is 0.0420. The number of hydrazine groups is 1. The number of urea groups is 1. The summed E-state index contributed by atoms with van der Waals surface area (Å²) < 4.78 is 0. The zero-order valence-corrected chi connectivity index (χ0v) is 13.1. The van der Waals surface area contributed by atoms with Crippen LogP contribution in [0.4, 0.5) is 4.79 Å². The summed E-state index contributed by atoms with van der Waals surface area (Å²) >= 11 is 1.46. The van der Waals surface area contributed by atoms with Gasteiger partial charge in [-0.3, -0.25) is 20.3 Å². The van der Waals surface area contributed by atoms with E-state index in [4.69, 9.17) is 0 Å². The average molecular weight is 330 g/mol. The van der Waals surface area contributed by atoms with Gasteiger partial charge in [0.05, 0.1) is 12.1 Å². The molecule has 7 nitrogen and oxygen atoms in total. The topological polar surface area (TPSA) is 91.4 Å². The maximum Gasteiger partial charge on any atom is 0.343 e. The molecule has 4 amide bonds. The fourth-order valence-electron chi connectivity index (χ4n) is 2.10. The Bertz CT molecular complexity index is 769. The average Bonchev–Trinajstić information content (AvgIpc) is 3.07. The highest BCUT2D eigenvalue weighted by Crippen LogP contribution is 2.24. The molecular formula is C15H14N4O3S. The van der Waals surface area contributed by atoms with Crippen LogP contribution in [-0.2, 0) is 16.0 Å². The van der Waals surface area contributed by atoms with Crippen LogP contribution in [0.1, 0.15) is 11.3 Å². The Morgan fingerprint density at radius 1 is 1.35 bits per heavy atom. The number of aromatic nitrogens is 1. The van der Waals surface area contributed by atoms with E-state index < -0.39 is 17.8 Å². The third-order valence-electron chi connectivity index (χ3n) is 3.24. The summed E-state index contributed by atoms with van der Waals surface area (Å²) in [6, 6.07) is 7.36. The van der Waals surface area contributed by atoms with Crippen LogP contribution in [0.3, 0.4) is 0 Å². The Kier molecular flexibility index (Phi) is 4.07. The Morgan fingerprint density at radius 2 is 2.09 bits per heavy atom. The van der Waals surface area contributed by atoms with Crippen LogP contribution >= 0.6 is 11.3 Å². The molecule has 1 aromatic heterocycles. The van der Waals surface area contributed by atoms with Crippen molar-refractivity contribution in [2.45, 2.75) is 13.3 Å². The first-order valence-corrected chi connectivity index (χ1v) is 7.81. The molecular weight excluding hydrogens is 316 g/mol. The van der Waals surface area contributed by atoms with Crippen LogP contribution in [0.25, 0.3) is 10.6 Å². The lowest BCUT2D eigenvalue weighted by Gasteiger charge is -2.13. The molecule has 1 aliphatic rings. The fraction of sp³-hybridized carbons (Fsp3) is 0.200. The van der Waals surface area contributed by atoms with Crippen molar-refractivity contribution in [2.24, 2.45) is 0 Å². The molecule has 2 aromatic rings. The molecule has 8 heteroatoms.